The van der Waals surface area contributed by atoms with Crippen LogP contribution in [0.2, 0.25) is 0 Å². The lowest BCUT2D eigenvalue weighted by molar-refractivity contribution is -0.117. The third kappa shape index (κ3) is 3.78. The van der Waals surface area contributed by atoms with Crippen LogP contribution in [0, 0.1) is 5.92 Å². The molecule has 2 aromatic carbocycles. The van der Waals surface area contributed by atoms with Crippen molar-refractivity contribution in [1.29, 1.82) is 0 Å². The van der Waals surface area contributed by atoms with Gasteiger partial charge in [0.15, 0.2) is 0 Å². The molecular formula is C18H17N3O3. The average Bonchev–Trinajstić information content (AvgIpc) is 3.42. The lowest BCUT2D eigenvalue weighted by Gasteiger charge is -2.09. The summed E-state index contributed by atoms with van der Waals surface area (Å²) < 4.78 is 0. The molecule has 0 aliphatic heterocycles. The number of anilines is 1. The Morgan fingerprint density at radius 1 is 1.08 bits per heavy atom. The minimum Gasteiger partial charge on any atom is -0.507 e. The first-order valence-corrected chi connectivity index (χ1v) is 7.66. The summed E-state index contributed by atoms with van der Waals surface area (Å²) >= 11 is 0. The zero-order chi connectivity index (χ0) is 16.9. The van der Waals surface area contributed by atoms with Crippen molar-refractivity contribution in [3.63, 3.8) is 0 Å². The molecule has 1 aliphatic rings. The Bertz CT molecular complexity index is 798. The predicted molar refractivity (Wildman–Crippen MR) is 91.0 cm³/mol. The summed E-state index contributed by atoms with van der Waals surface area (Å²) in [5.74, 6) is -0.367. The first kappa shape index (κ1) is 15.7. The van der Waals surface area contributed by atoms with Gasteiger partial charge in [0.2, 0.25) is 5.91 Å². The maximum Gasteiger partial charge on any atom is 0.273 e. The molecule has 0 aromatic heterocycles. The van der Waals surface area contributed by atoms with Crippen LogP contribution in [0.3, 0.4) is 0 Å². The second-order valence-corrected chi connectivity index (χ2v) is 5.57. The fraction of sp³-hybridized carbons (Fsp3) is 0.167. The summed E-state index contributed by atoms with van der Waals surface area (Å²) in [4.78, 5) is 24.2. The number of hydrogen-bond donors (Lipinski definition) is 3. The Kier molecular flexibility index (Phi) is 4.56. The third-order valence-corrected chi connectivity index (χ3v) is 3.68. The summed E-state index contributed by atoms with van der Waals surface area (Å²) in [6.45, 7) is 0. The zero-order valence-corrected chi connectivity index (χ0v) is 12.9. The van der Waals surface area contributed by atoms with Crippen LogP contribution in [-0.4, -0.2) is 23.1 Å². The van der Waals surface area contributed by atoms with Gasteiger partial charge in [-0.3, -0.25) is 9.59 Å². The van der Waals surface area contributed by atoms with Crippen LogP contribution in [-0.2, 0) is 4.79 Å². The van der Waals surface area contributed by atoms with Crippen molar-refractivity contribution in [3.05, 3.63) is 59.7 Å². The molecule has 0 bridgehead atoms. The van der Waals surface area contributed by atoms with Gasteiger partial charge < -0.3 is 10.4 Å². The van der Waals surface area contributed by atoms with Crippen molar-refractivity contribution in [3.8, 4) is 5.75 Å². The summed E-state index contributed by atoms with van der Waals surface area (Å²) in [5, 5.41) is 16.3. The number of amides is 2. The molecule has 2 aromatic rings. The van der Waals surface area contributed by atoms with E-state index in [0.29, 0.717) is 16.8 Å². The normalized spacial score (nSPS) is 13.7. The highest BCUT2D eigenvalue weighted by Gasteiger charge is 2.30. The highest BCUT2D eigenvalue weighted by Crippen LogP contribution is 2.30. The first-order valence-electron chi connectivity index (χ1n) is 7.66. The van der Waals surface area contributed by atoms with Crippen molar-refractivity contribution in [2.45, 2.75) is 12.8 Å². The molecule has 0 spiro atoms. The predicted octanol–water partition coefficient (Wildman–Crippen LogP) is 2.50. The van der Waals surface area contributed by atoms with E-state index in [0.717, 1.165) is 12.8 Å². The fourth-order valence-corrected chi connectivity index (χ4v) is 2.19. The Hall–Kier alpha value is -3.15. The van der Waals surface area contributed by atoms with Crippen molar-refractivity contribution >= 4 is 23.7 Å². The van der Waals surface area contributed by atoms with Gasteiger partial charge in [-0.1, -0.05) is 24.3 Å². The van der Waals surface area contributed by atoms with E-state index in [1.165, 1.54) is 12.3 Å². The van der Waals surface area contributed by atoms with E-state index in [2.05, 4.69) is 15.8 Å². The molecule has 3 N–H and O–H groups in total. The van der Waals surface area contributed by atoms with Gasteiger partial charge in [0.05, 0.1) is 17.5 Å². The standard InChI is InChI=1S/C18H17N3O3/c22-16-8-4-1-5-13(16)11-19-21-18(24)14-6-2-3-7-15(14)20-17(23)12-9-10-12/h1-8,11-12,22H,9-10H2,(H,20,23)(H,21,24). The van der Waals surface area contributed by atoms with E-state index in [-0.39, 0.29) is 17.6 Å². The van der Waals surface area contributed by atoms with Gasteiger partial charge >= 0.3 is 0 Å². The summed E-state index contributed by atoms with van der Waals surface area (Å²) in [6.07, 6.45) is 3.15. The Morgan fingerprint density at radius 3 is 2.54 bits per heavy atom. The van der Waals surface area contributed by atoms with Crippen LogP contribution >= 0.6 is 0 Å². The van der Waals surface area contributed by atoms with Crippen LogP contribution in [0.1, 0.15) is 28.8 Å². The fourth-order valence-electron chi connectivity index (χ4n) is 2.19. The Labute approximate surface area is 139 Å². The van der Waals surface area contributed by atoms with Gasteiger partial charge in [-0.15, -0.1) is 0 Å². The van der Waals surface area contributed by atoms with E-state index in [1.54, 1.807) is 42.5 Å². The molecular weight excluding hydrogens is 306 g/mol. The van der Waals surface area contributed by atoms with E-state index < -0.39 is 5.91 Å². The maximum atomic E-state index is 12.3. The van der Waals surface area contributed by atoms with Gasteiger partial charge in [0.1, 0.15) is 5.75 Å². The van der Waals surface area contributed by atoms with Gasteiger partial charge in [0, 0.05) is 11.5 Å². The topological polar surface area (TPSA) is 90.8 Å². The Morgan fingerprint density at radius 2 is 1.79 bits per heavy atom. The molecule has 1 fully saturated rings. The first-order chi connectivity index (χ1) is 11.6. The molecule has 1 aliphatic carbocycles. The molecule has 0 radical (unpaired) electrons. The number of phenolic OH excluding ortho intramolecular Hbond substituents is 1. The number of hydrazone groups is 1. The second kappa shape index (κ2) is 6.95. The molecule has 6 heteroatoms. The van der Waals surface area contributed by atoms with Crippen LogP contribution < -0.4 is 10.7 Å². The van der Waals surface area contributed by atoms with Crippen molar-refractivity contribution in [2.75, 3.05) is 5.32 Å². The minimum atomic E-state index is -0.437. The summed E-state index contributed by atoms with van der Waals surface area (Å²) in [7, 11) is 0. The maximum absolute atomic E-state index is 12.3. The van der Waals surface area contributed by atoms with Crippen molar-refractivity contribution < 1.29 is 14.7 Å². The van der Waals surface area contributed by atoms with Crippen LogP contribution in [0.15, 0.2) is 53.6 Å². The van der Waals surface area contributed by atoms with Crippen molar-refractivity contribution in [1.82, 2.24) is 5.43 Å². The van der Waals surface area contributed by atoms with Crippen LogP contribution in [0.4, 0.5) is 5.69 Å². The number of benzene rings is 2. The molecule has 0 heterocycles. The molecule has 3 rings (SSSR count). The molecule has 1 saturated carbocycles. The number of carbonyl (C=O) groups is 2. The molecule has 122 valence electrons. The number of nitrogens with one attached hydrogen (secondary N) is 2. The lowest BCUT2D eigenvalue weighted by atomic mass is 10.1. The summed E-state index contributed by atoms with van der Waals surface area (Å²) in [5.41, 5.74) is 3.69. The van der Waals surface area contributed by atoms with E-state index in [4.69, 9.17) is 0 Å². The molecule has 0 unspecified atom stereocenters. The van der Waals surface area contributed by atoms with E-state index in [1.807, 2.05) is 0 Å². The molecule has 6 nitrogen and oxygen atoms in total. The second-order valence-electron chi connectivity index (χ2n) is 5.57. The lowest BCUT2D eigenvalue weighted by Crippen LogP contribution is -2.21. The van der Waals surface area contributed by atoms with E-state index >= 15 is 0 Å². The van der Waals surface area contributed by atoms with Crippen molar-refractivity contribution in [2.24, 2.45) is 11.0 Å². The highest BCUT2D eigenvalue weighted by atomic mass is 16.3. The molecule has 0 saturated heterocycles. The SMILES string of the molecule is O=C(NN=Cc1ccccc1O)c1ccccc1NC(=O)C1CC1. The minimum absolute atomic E-state index is 0.0557. The quantitative estimate of drug-likeness (QED) is 0.583. The number of para-hydroxylation sites is 2. The summed E-state index contributed by atoms with van der Waals surface area (Å²) in [6, 6.07) is 13.4. The van der Waals surface area contributed by atoms with Crippen LogP contribution in [0.5, 0.6) is 5.75 Å². The monoisotopic (exact) mass is 323 g/mol. The number of phenols is 1. The number of nitrogens with zero attached hydrogens (tertiary/aromatic N) is 1. The van der Waals surface area contributed by atoms with Gasteiger partial charge in [-0.05, 0) is 37.1 Å². The van der Waals surface area contributed by atoms with Gasteiger partial charge in [-0.2, -0.15) is 5.10 Å². The average molecular weight is 323 g/mol. The largest absolute Gasteiger partial charge is 0.507 e. The van der Waals surface area contributed by atoms with Gasteiger partial charge in [-0.25, -0.2) is 5.43 Å². The van der Waals surface area contributed by atoms with E-state index in [9.17, 15) is 14.7 Å². The molecule has 24 heavy (non-hydrogen) atoms. The number of rotatable bonds is 5. The molecule has 2 amide bonds. The highest BCUT2D eigenvalue weighted by molar-refractivity contribution is 6.04. The number of hydrogen-bond acceptors (Lipinski definition) is 4. The van der Waals surface area contributed by atoms with Gasteiger partial charge in [0.25, 0.3) is 5.91 Å². The third-order valence-electron chi connectivity index (χ3n) is 3.68. The smallest absolute Gasteiger partial charge is 0.273 e. The Balaban J connectivity index is 1.68. The zero-order valence-electron chi connectivity index (χ0n) is 12.9. The van der Waals surface area contributed by atoms with Crippen LogP contribution in [0.25, 0.3) is 0 Å². The number of aromatic hydroxyl groups is 1. The number of carbonyl (C=O) groups excluding carboxylic acids is 2. The molecule has 0 atom stereocenters.